The van der Waals surface area contributed by atoms with Crippen molar-refractivity contribution in [3.8, 4) is 0 Å². The summed E-state index contributed by atoms with van der Waals surface area (Å²) in [5.41, 5.74) is 3.37. The number of hydrogen-bond acceptors (Lipinski definition) is 4. The van der Waals surface area contributed by atoms with E-state index in [1.54, 1.807) is 7.11 Å². The van der Waals surface area contributed by atoms with Crippen molar-refractivity contribution in [3.05, 3.63) is 22.8 Å². The fourth-order valence-corrected chi connectivity index (χ4v) is 2.48. The quantitative estimate of drug-likeness (QED) is 0.813. The lowest BCUT2D eigenvalue weighted by molar-refractivity contribution is 0.00840. The average molecular weight is 279 g/mol. The Morgan fingerprint density at radius 3 is 2.10 bits per heavy atom. The van der Waals surface area contributed by atoms with Gasteiger partial charge in [-0.2, -0.15) is 0 Å². The third-order valence-electron chi connectivity index (χ3n) is 3.50. The van der Waals surface area contributed by atoms with E-state index in [2.05, 4.69) is 56.8 Å². The van der Waals surface area contributed by atoms with Gasteiger partial charge in [-0.25, -0.2) is 9.97 Å². The first kappa shape index (κ1) is 17.1. The second kappa shape index (κ2) is 7.14. The smallest absolute Gasteiger partial charge is 0.158 e. The summed E-state index contributed by atoms with van der Waals surface area (Å²) in [5.74, 6) is 0.794. The van der Waals surface area contributed by atoms with Crippen molar-refractivity contribution in [1.82, 2.24) is 15.3 Å². The minimum absolute atomic E-state index is 0.0150. The molecule has 20 heavy (non-hydrogen) atoms. The number of hydrogen-bond donors (Lipinski definition) is 1. The van der Waals surface area contributed by atoms with Crippen molar-refractivity contribution in [2.45, 2.75) is 54.1 Å². The van der Waals surface area contributed by atoms with Gasteiger partial charge in [-0.3, -0.25) is 0 Å². The third kappa shape index (κ3) is 4.25. The van der Waals surface area contributed by atoms with E-state index in [4.69, 9.17) is 4.74 Å². The Kier molecular flexibility index (Phi) is 6.08. The number of ether oxygens (including phenoxy) is 1. The van der Waals surface area contributed by atoms with Crippen LogP contribution in [-0.2, 0) is 11.2 Å². The molecule has 114 valence electrons. The van der Waals surface area contributed by atoms with Gasteiger partial charge in [0, 0.05) is 18.5 Å². The van der Waals surface area contributed by atoms with E-state index in [1.807, 2.05) is 0 Å². The van der Waals surface area contributed by atoms with Gasteiger partial charge in [0.1, 0.15) is 6.10 Å². The van der Waals surface area contributed by atoms with Gasteiger partial charge in [0.15, 0.2) is 5.82 Å². The van der Waals surface area contributed by atoms with Crippen molar-refractivity contribution in [3.63, 3.8) is 0 Å². The highest BCUT2D eigenvalue weighted by Crippen LogP contribution is 2.34. The number of nitrogens with one attached hydrogen (secondary N) is 1. The lowest BCUT2D eigenvalue weighted by atomic mass is 9.88. The van der Waals surface area contributed by atoms with Crippen LogP contribution >= 0.6 is 0 Å². The van der Waals surface area contributed by atoms with Crippen molar-refractivity contribution < 1.29 is 4.74 Å². The SMILES string of the molecule is CCNCCc1c(C)nc(C(OC)C(C)(C)C)nc1C. The fraction of sp³-hybridized carbons (Fsp3) is 0.750. The molecule has 1 unspecified atom stereocenters. The van der Waals surface area contributed by atoms with Gasteiger partial charge in [0.2, 0.25) is 0 Å². The van der Waals surface area contributed by atoms with Gasteiger partial charge in [0.25, 0.3) is 0 Å². The molecule has 0 aromatic carbocycles. The van der Waals surface area contributed by atoms with Crippen LogP contribution in [0.2, 0.25) is 0 Å². The molecule has 0 saturated heterocycles. The van der Waals surface area contributed by atoms with Gasteiger partial charge < -0.3 is 10.1 Å². The highest BCUT2D eigenvalue weighted by molar-refractivity contribution is 5.25. The van der Waals surface area contributed by atoms with Gasteiger partial charge in [-0.15, -0.1) is 0 Å². The summed E-state index contributed by atoms with van der Waals surface area (Å²) in [7, 11) is 1.73. The molecule has 0 bridgehead atoms. The summed E-state index contributed by atoms with van der Waals surface area (Å²) >= 11 is 0. The number of aryl methyl sites for hydroxylation is 2. The molecule has 0 fully saturated rings. The molecule has 0 aliphatic carbocycles. The van der Waals surface area contributed by atoms with Crippen LogP contribution in [0.25, 0.3) is 0 Å². The molecule has 1 aromatic heterocycles. The normalized spacial score (nSPS) is 13.6. The summed E-state index contributed by atoms with van der Waals surface area (Å²) in [6.07, 6.45) is 0.890. The van der Waals surface area contributed by atoms with E-state index in [-0.39, 0.29) is 11.5 Å². The van der Waals surface area contributed by atoms with Gasteiger partial charge in [-0.1, -0.05) is 27.7 Å². The van der Waals surface area contributed by atoms with Crippen LogP contribution in [0.3, 0.4) is 0 Å². The van der Waals surface area contributed by atoms with Crippen molar-refractivity contribution >= 4 is 0 Å². The first-order valence-corrected chi connectivity index (χ1v) is 7.38. The number of aromatic nitrogens is 2. The van der Waals surface area contributed by atoms with Gasteiger partial charge in [0.05, 0.1) is 0 Å². The topological polar surface area (TPSA) is 47.0 Å². The summed E-state index contributed by atoms with van der Waals surface area (Å²) in [6, 6.07) is 0. The molecule has 0 spiro atoms. The van der Waals surface area contributed by atoms with Crippen LogP contribution in [0, 0.1) is 19.3 Å². The molecule has 4 nitrogen and oxygen atoms in total. The Hall–Kier alpha value is -1.00. The van der Waals surface area contributed by atoms with Gasteiger partial charge >= 0.3 is 0 Å². The van der Waals surface area contributed by atoms with E-state index in [0.29, 0.717) is 0 Å². The van der Waals surface area contributed by atoms with Crippen LogP contribution in [0.4, 0.5) is 0 Å². The van der Waals surface area contributed by atoms with Crippen molar-refractivity contribution in [1.29, 1.82) is 0 Å². The largest absolute Gasteiger partial charge is 0.373 e. The number of likely N-dealkylation sites (N-methyl/N-ethyl adjacent to an activating group) is 1. The molecular formula is C16H29N3O. The molecule has 1 atom stereocenters. The maximum absolute atomic E-state index is 5.61. The summed E-state index contributed by atoms with van der Waals surface area (Å²) in [6.45, 7) is 14.6. The van der Waals surface area contributed by atoms with E-state index >= 15 is 0 Å². The van der Waals surface area contributed by atoms with Crippen LogP contribution in [0.5, 0.6) is 0 Å². The number of nitrogens with zero attached hydrogens (tertiary/aromatic N) is 2. The molecule has 0 amide bonds. The first-order chi connectivity index (χ1) is 9.31. The van der Waals surface area contributed by atoms with Crippen LogP contribution in [0.1, 0.15) is 56.6 Å². The molecule has 0 radical (unpaired) electrons. The Balaban J connectivity index is 3.03. The zero-order valence-corrected chi connectivity index (χ0v) is 14.0. The fourth-order valence-electron chi connectivity index (χ4n) is 2.48. The van der Waals surface area contributed by atoms with Crippen molar-refractivity contribution in [2.75, 3.05) is 20.2 Å². The van der Waals surface area contributed by atoms with Crippen LogP contribution < -0.4 is 5.32 Å². The maximum Gasteiger partial charge on any atom is 0.158 e. The Labute approximate surface area is 123 Å². The molecule has 0 aliphatic heterocycles. The van der Waals surface area contributed by atoms with E-state index < -0.39 is 0 Å². The maximum atomic E-state index is 5.61. The van der Waals surface area contributed by atoms with E-state index in [9.17, 15) is 0 Å². The highest BCUT2D eigenvalue weighted by atomic mass is 16.5. The minimum Gasteiger partial charge on any atom is -0.373 e. The molecule has 1 N–H and O–H groups in total. The molecule has 1 heterocycles. The predicted molar refractivity (Wildman–Crippen MR) is 83.0 cm³/mol. The minimum atomic E-state index is -0.0808. The summed E-state index contributed by atoms with van der Waals surface area (Å²) in [5, 5.41) is 3.34. The standard InChI is InChI=1S/C16H29N3O/c1-8-17-10-9-13-11(2)18-15(19-12(13)3)14(20-7)16(4,5)6/h14,17H,8-10H2,1-7H3. The first-order valence-electron chi connectivity index (χ1n) is 7.38. The monoisotopic (exact) mass is 279 g/mol. The molecule has 1 rings (SSSR count). The summed E-state index contributed by atoms with van der Waals surface area (Å²) < 4.78 is 5.61. The predicted octanol–water partition coefficient (Wildman–Crippen LogP) is 2.98. The molecule has 0 saturated carbocycles. The lowest BCUT2D eigenvalue weighted by Crippen LogP contribution is -2.24. The molecule has 1 aromatic rings. The van der Waals surface area contributed by atoms with Crippen LogP contribution in [0.15, 0.2) is 0 Å². The summed E-state index contributed by atoms with van der Waals surface area (Å²) in [4.78, 5) is 9.37. The second-order valence-corrected chi connectivity index (χ2v) is 6.32. The average Bonchev–Trinajstić information content (AvgIpc) is 2.31. The van der Waals surface area contributed by atoms with Crippen molar-refractivity contribution in [2.24, 2.45) is 5.41 Å². The van der Waals surface area contributed by atoms with Crippen LogP contribution in [-0.4, -0.2) is 30.2 Å². The zero-order valence-electron chi connectivity index (χ0n) is 14.0. The van der Waals surface area contributed by atoms with E-state index in [1.165, 1.54) is 5.56 Å². The Bertz CT molecular complexity index is 415. The molecular weight excluding hydrogens is 250 g/mol. The van der Waals surface area contributed by atoms with E-state index in [0.717, 1.165) is 36.7 Å². The number of rotatable bonds is 6. The second-order valence-electron chi connectivity index (χ2n) is 6.32. The lowest BCUT2D eigenvalue weighted by Gasteiger charge is -2.28. The molecule has 0 aliphatic rings. The van der Waals surface area contributed by atoms with Gasteiger partial charge in [-0.05, 0) is 44.3 Å². The Morgan fingerprint density at radius 1 is 1.15 bits per heavy atom. The Morgan fingerprint density at radius 2 is 1.70 bits per heavy atom. The zero-order chi connectivity index (χ0) is 15.3. The number of methoxy groups -OCH3 is 1. The highest BCUT2D eigenvalue weighted by Gasteiger charge is 2.29. The third-order valence-corrected chi connectivity index (χ3v) is 3.50. The molecule has 4 heteroatoms.